The van der Waals surface area contributed by atoms with Crippen molar-refractivity contribution in [2.45, 2.75) is 25.8 Å². The molecular weight excluding hydrogens is 248 g/mol. The van der Waals surface area contributed by atoms with Crippen LogP contribution in [0.2, 0.25) is 5.02 Å². The van der Waals surface area contributed by atoms with Crippen molar-refractivity contribution in [2.75, 3.05) is 19.6 Å². The fraction of sp³-hybridized carbons (Fsp3) is 0.500. The lowest BCUT2D eigenvalue weighted by Crippen LogP contribution is -2.44. The number of carbonyl (C=O) groups excluding carboxylic acids is 1. The van der Waals surface area contributed by atoms with E-state index in [0.29, 0.717) is 11.1 Å². The van der Waals surface area contributed by atoms with Crippen molar-refractivity contribution in [1.82, 2.24) is 10.2 Å². The van der Waals surface area contributed by atoms with Crippen molar-refractivity contribution in [3.63, 3.8) is 0 Å². The van der Waals surface area contributed by atoms with Crippen molar-refractivity contribution >= 4 is 17.5 Å². The van der Waals surface area contributed by atoms with Gasteiger partial charge in [-0.05, 0) is 43.7 Å². The molecule has 0 bridgehead atoms. The van der Waals surface area contributed by atoms with Gasteiger partial charge in [0.15, 0.2) is 0 Å². The summed E-state index contributed by atoms with van der Waals surface area (Å²) in [7, 11) is 0. The van der Waals surface area contributed by atoms with Gasteiger partial charge in [0.05, 0.1) is 0 Å². The third-order valence-corrected chi connectivity index (χ3v) is 3.62. The highest BCUT2D eigenvalue weighted by atomic mass is 35.5. The number of nitrogens with zero attached hydrogens (tertiary/aromatic N) is 1. The van der Waals surface area contributed by atoms with E-state index in [-0.39, 0.29) is 5.91 Å². The van der Waals surface area contributed by atoms with Gasteiger partial charge in [-0.25, -0.2) is 0 Å². The maximum atomic E-state index is 12.2. The lowest BCUT2D eigenvalue weighted by molar-refractivity contribution is 0.0706. The minimum Gasteiger partial charge on any atom is -0.339 e. The van der Waals surface area contributed by atoms with E-state index in [1.807, 2.05) is 4.90 Å². The lowest BCUT2D eigenvalue weighted by Gasteiger charge is -2.32. The number of piperidine rings is 1. The van der Waals surface area contributed by atoms with Crippen LogP contribution in [0.1, 0.15) is 30.1 Å². The average Bonchev–Trinajstić information content (AvgIpc) is 2.40. The molecule has 1 aromatic carbocycles. The minimum absolute atomic E-state index is 0.113. The maximum Gasteiger partial charge on any atom is 0.253 e. The summed E-state index contributed by atoms with van der Waals surface area (Å²) in [6.07, 6.45) is 2.07. The van der Waals surface area contributed by atoms with Crippen molar-refractivity contribution in [3.05, 3.63) is 34.9 Å². The Hall–Kier alpha value is -1.06. The van der Waals surface area contributed by atoms with Gasteiger partial charge in [-0.1, -0.05) is 18.5 Å². The van der Waals surface area contributed by atoms with E-state index >= 15 is 0 Å². The second-order valence-corrected chi connectivity index (χ2v) is 5.07. The molecule has 0 atom stereocenters. The summed E-state index contributed by atoms with van der Waals surface area (Å²) in [4.78, 5) is 14.2. The van der Waals surface area contributed by atoms with Crippen LogP contribution in [0.3, 0.4) is 0 Å². The molecular formula is C14H19ClN2O. The zero-order valence-corrected chi connectivity index (χ0v) is 11.4. The fourth-order valence-electron chi connectivity index (χ4n) is 2.35. The molecule has 2 rings (SSSR count). The molecule has 1 fully saturated rings. The molecule has 1 amide bonds. The SMILES string of the molecule is CCNC1CCN(C(=O)c2ccc(Cl)cc2)CC1. The Morgan fingerprint density at radius 2 is 1.94 bits per heavy atom. The Labute approximate surface area is 113 Å². The second kappa shape index (κ2) is 6.21. The van der Waals surface area contributed by atoms with Crippen LogP contribution in [0.15, 0.2) is 24.3 Å². The molecule has 0 unspecified atom stereocenters. The van der Waals surface area contributed by atoms with Crippen LogP contribution in [0.25, 0.3) is 0 Å². The Bertz CT molecular complexity index is 397. The van der Waals surface area contributed by atoms with Crippen molar-refractivity contribution in [3.8, 4) is 0 Å². The van der Waals surface area contributed by atoms with E-state index < -0.39 is 0 Å². The van der Waals surface area contributed by atoms with Crippen LogP contribution in [0.5, 0.6) is 0 Å². The molecule has 1 aliphatic heterocycles. The Balaban J connectivity index is 1.93. The van der Waals surface area contributed by atoms with Gasteiger partial charge in [0.2, 0.25) is 0 Å². The maximum absolute atomic E-state index is 12.2. The number of rotatable bonds is 3. The van der Waals surface area contributed by atoms with Gasteiger partial charge in [0.1, 0.15) is 0 Å². The number of benzene rings is 1. The van der Waals surface area contributed by atoms with E-state index in [1.54, 1.807) is 24.3 Å². The highest BCUT2D eigenvalue weighted by Gasteiger charge is 2.22. The molecule has 0 radical (unpaired) electrons. The molecule has 0 saturated carbocycles. The molecule has 0 spiro atoms. The van der Waals surface area contributed by atoms with E-state index in [4.69, 9.17) is 11.6 Å². The van der Waals surface area contributed by atoms with Gasteiger partial charge in [-0.2, -0.15) is 0 Å². The molecule has 98 valence electrons. The average molecular weight is 267 g/mol. The van der Waals surface area contributed by atoms with Crippen LogP contribution in [-0.2, 0) is 0 Å². The summed E-state index contributed by atoms with van der Waals surface area (Å²) in [5.74, 6) is 0.113. The predicted molar refractivity (Wildman–Crippen MR) is 74.1 cm³/mol. The molecule has 1 heterocycles. The lowest BCUT2D eigenvalue weighted by atomic mass is 10.0. The standard InChI is InChI=1S/C14H19ClN2O/c1-2-16-13-7-9-17(10-8-13)14(18)11-3-5-12(15)6-4-11/h3-6,13,16H,2,7-10H2,1H3. The zero-order valence-electron chi connectivity index (χ0n) is 10.7. The number of likely N-dealkylation sites (tertiary alicyclic amines) is 1. The Kier molecular flexibility index (Phi) is 4.61. The highest BCUT2D eigenvalue weighted by Crippen LogP contribution is 2.15. The third kappa shape index (κ3) is 3.24. The zero-order chi connectivity index (χ0) is 13.0. The highest BCUT2D eigenvalue weighted by molar-refractivity contribution is 6.30. The van der Waals surface area contributed by atoms with E-state index in [0.717, 1.165) is 38.0 Å². The van der Waals surface area contributed by atoms with Gasteiger partial charge < -0.3 is 10.2 Å². The molecule has 3 nitrogen and oxygen atoms in total. The van der Waals surface area contributed by atoms with Gasteiger partial charge in [0.25, 0.3) is 5.91 Å². The van der Waals surface area contributed by atoms with Crippen molar-refractivity contribution < 1.29 is 4.79 Å². The quantitative estimate of drug-likeness (QED) is 0.912. The van der Waals surface area contributed by atoms with Crippen molar-refractivity contribution in [1.29, 1.82) is 0 Å². The summed E-state index contributed by atoms with van der Waals surface area (Å²) >= 11 is 5.82. The molecule has 4 heteroatoms. The van der Waals surface area contributed by atoms with Crippen LogP contribution < -0.4 is 5.32 Å². The molecule has 1 saturated heterocycles. The second-order valence-electron chi connectivity index (χ2n) is 4.63. The smallest absolute Gasteiger partial charge is 0.253 e. The molecule has 0 aliphatic carbocycles. The number of hydrogen-bond acceptors (Lipinski definition) is 2. The van der Waals surface area contributed by atoms with E-state index in [9.17, 15) is 4.79 Å². The topological polar surface area (TPSA) is 32.3 Å². The first-order chi connectivity index (χ1) is 8.70. The largest absolute Gasteiger partial charge is 0.339 e. The summed E-state index contributed by atoms with van der Waals surface area (Å²) in [5.41, 5.74) is 0.723. The number of halogens is 1. The predicted octanol–water partition coefficient (Wildman–Crippen LogP) is 2.55. The minimum atomic E-state index is 0.113. The van der Waals surface area contributed by atoms with E-state index in [1.165, 1.54) is 0 Å². The summed E-state index contributed by atoms with van der Waals surface area (Å²) in [6, 6.07) is 7.67. The van der Waals surface area contributed by atoms with Crippen LogP contribution >= 0.6 is 11.6 Å². The van der Waals surface area contributed by atoms with E-state index in [2.05, 4.69) is 12.2 Å². The first-order valence-corrected chi connectivity index (χ1v) is 6.86. The van der Waals surface area contributed by atoms with Gasteiger partial charge in [0, 0.05) is 29.7 Å². The molecule has 1 N–H and O–H groups in total. The summed E-state index contributed by atoms with van der Waals surface area (Å²) in [6.45, 7) is 4.78. The fourth-order valence-corrected chi connectivity index (χ4v) is 2.48. The first kappa shape index (κ1) is 13.4. The number of carbonyl (C=O) groups is 1. The Morgan fingerprint density at radius 1 is 1.33 bits per heavy atom. The number of amides is 1. The molecule has 18 heavy (non-hydrogen) atoms. The normalized spacial score (nSPS) is 16.9. The molecule has 1 aliphatic rings. The number of hydrogen-bond donors (Lipinski definition) is 1. The third-order valence-electron chi connectivity index (χ3n) is 3.37. The van der Waals surface area contributed by atoms with Gasteiger partial charge in [-0.15, -0.1) is 0 Å². The Morgan fingerprint density at radius 3 is 2.50 bits per heavy atom. The van der Waals surface area contributed by atoms with Crippen LogP contribution in [-0.4, -0.2) is 36.5 Å². The van der Waals surface area contributed by atoms with Crippen LogP contribution in [0.4, 0.5) is 0 Å². The van der Waals surface area contributed by atoms with Crippen molar-refractivity contribution in [2.24, 2.45) is 0 Å². The van der Waals surface area contributed by atoms with Gasteiger partial charge >= 0.3 is 0 Å². The monoisotopic (exact) mass is 266 g/mol. The van der Waals surface area contributed by atoms with Gasteiger partial charge in [-0.3, -0.25) is 4.79 Å². The number of nitrogens with one attached hydrogen (secondary N) is 1. The summed E-state index contributed by atoms with van der Waals surface area (Å²) in [5, 5.41) is 4.10. The molecule has 0 aromatic heterocycles. The first-order valence-electron chi connectivity index (χ1n) is 6.49. The van der Waals surface area contributed by atoms with Crippen LogP contribution in [0, 0.1) is 0 Å². The molecule has 1 aromatic rings. The summed E-state index contributed by atoms with van der Waals surface area (Å²) < 4.78 is 0.